The van der Waals surface area contributed by atoms with Crippen molar-refractivity contribution in [3.63, 3.8) is 0 Å². The van der Waals surface area contributed by atoms with Crippen LogP contribution in [-0.4, -0.2) is 67.5 Å². The van der Waals surface area contributed by atoms with E-state index in [4.69, 9.17) is 14.2 Å². The van der Waals surface area contributed by atoms with E-state index >= 15 is 0 Å². The first-order valence-electron chi connectivity index (χ1n) is 11.6. The van der Waals surface area contributed by atoms with Gasteiger partial charge in [0, 0.05) is 45.1 Å². The first kappa shape index (κ1) is 25.1. The number of carbonyl (C=O) groups is 3. The lowest BCUT2D eigenvalue weighted by atomic mass is 10.1. The molecule has 2 aromatic carbocycles. The monoisotopic (exact) mass is 468 g/mol. The third-order valence-corrected chi connectivity index (χ3v) is 5.63. The van der Waals surface area contributed by atoms with Crippen LogP contribution < -0.4 is 14.2 Å². The topological polar surface area (TPSA) is 85.4 Å². The first-order chi connectivity index (χ1) is 16.4. The Labute approximate surface area is 200 Å². The molecule has 0 aromatic heterocycles. The number of hydrogen-bond donors (Lipinski definition) is 0. The van der Waals surface area contributed by atoms with Gasteiger partial charge in [-0.1, -0.05) is 12.1 Å². The number of ether oxygens (including phenoxy) is 3. The number of methoxy groups -OCH3 is 1. The zero-order valence-corrected chi connectivity index (χ0v) is 20.0. The third-order valence-electron chi connectivity index (χ3n) is 5.63. The molecule has 0 N–H and O–H groups in total. The van der Waals surface area contributed by atoms with Crippen molar-refractivity contribution < 1.29 is 28.6 Å². The van der Waals surface area contributed by atoms with Crippen molar-refractivity contribution in [1.82, 2.24) is 9.80 Å². The Bertz CT molecular complexity index is 1020. The van der Waals surface area contributed by atoms with Gasteiger partial charge in [0.25, 0.3) is 5.91 Å². The molecule has 0 bridgehead atoms. The van der Waals surface area contributed by atoms with Crippen molar-refractivity contribution in [2.24, 2.45) is 0 Å². The summed E-state index contributed by atoms with van der Waals surface area (Å²) in [6.45, 7) is 5.92. The number of nitrogens with zero attached hydrogens (tertiary/aromatic N) is 2. The average molecular weight is 469 g/mol. The number of aryl methyl sites for hydroxylation is 1. The van der Waals surface area contributed by atoms with Gasteiger partial charge in [0.1, 0.15) is 5.75 Å². The summed E-state index contributed by atoms with van der Waals surface area (Å²) in [7, 11) is 1.60. The van der Waals surface area contributed by atoms with Gasteiger partial charge in [-0.25, -0.2) is 0 Å². The van der Waals surface area contributed by atoms with E-state index in [1.807, 2.05) is 30.0 Å². The minimum atomic E-state index is -0.433. The van der Waals surface area contributed by atoms with E-state index < -0.39 is 5.97 Å². The molecule has 1 aliphatic rings. The van der Waals surface area contributed by atoms with E-state index in [1.54, 1.807) is 36.3 Å². The molecule has 2 amide bonds. The first-order valence-corrected chi connectivity index (χ1v) is 11.6. The van der Waals surface area contributed by atoms with Crippen LogP contribution in [-0.2, 0) is 16.0 Å². The van der Waals surface area contributed by atoms with E-state index in [9.17, 15) is 14.4 Å². The van der Waals surface area contributed by atoms with Crippen molar-refractivity contribution in [1.29, 1.82) is 0 Å². The SMILES string of the molecule is CCOc1ccc(CCC(=O)N2CCCN(C(=O)c3cccc(OC(C)=O)c3)CC2)cc1OC. The van der Waals surface area contributed by atoms with E-state index in [0.717, 1.165) is 5.56 Å². The molecule has 1 saturated heterocycles. The minimum absolute atomic E-state index is 0.0685. The summed E-state index contributed by atoms with van der Waals surface area (Å²) >= 11 is 0. The van der Waals surface area contributed by atoms with Crippen molar-refractivity contribution in [3.05, 3.63) is 53.6 Å². The highest BCUT2D eigenvalue weighted by Gasteiger charge is 2.23. The van der Waals surface area contributed by atoms with Crippen LogP contribution in [0.2, 0.25) is 0 Å². The predicted molar refractivity (Wildman–Crippen MR) is 127 cm³/mol. The molecule has 0 spiro atoms. The van der Waals surface area contributed by atoms with Gasteiger partial charge in [-0.2, -0.15) is 0 Å². The molecule has 0 saturated carbocycles. The summed E-state index contributed by atoms with van der Waals surface area (Å²) in [4.78, 5) is 40.6. The molecule has 0 radical (unpaired) electrons. The Morgan fingerprint density at radius 1 is 0.941 bits per heavy atom. The summed E-state index contributed by atoms with van der Waals surface area (Å²) in [5, 5.41) is 0. The fourth-order valence-electron chi connectivity index (χ4n) is 3.96. The van der Waals surface area contributed by atoms with Gasteiger partial charge in [0.05, 0.1) is 13.7 Å². The van der Waals surface area contributed by atoms with Crippen molar-refractivity contribution >= 4 is 17.8 Å². The molecule has 0 aliphatic carbocycles. The van der Waals surface area contributed by atoms with Crippen LogP contribution in [0.15, 0.2) is 42.5 Å². The Morgan fingerprint density at radius 3 is 2.44 bits per heavy atom. The fraction of sp³-hybridized carbons (Fsp3) is 0.423. The Balaban J connectivity index is 1.55. The normalized spacial score (nSPS) is 13.7. The Hall–Kier alpha value is -3.55. The molecule has 1 aliphatic heterocycles. The fourth-order valence-corrected chi connectivity index (χ4v) is 3.96. The van der Waals surface area contributed by atoms with Gasteiger partial charge in [-0.05, 0) is 55.7 Å². The van der Waals surface area contributed by atoms with Crippen LogP contribution in [0.25, 0.3) is 0 Å². The molecule has 8 nitrogen and oxygen atoms in total. The molecule has 182 valence electrons. The van der Waals surface area contributed by atoms with Gasteiger partial charge >= 0.3 is 5.97 Å². The lowest BCUT2D eigenvalue weighted by Gasteiger charge is -2.22. The second-order valence-electron chi connectivity index (χ2n) is 8.07. The summed E-state index contributed by atoms with van der Waals surface area (Å²) in [6.07, 6.45) is 1.69. The molecule has 2 aromatic rings. The summed E-state index contributed by atoms with van der Waals surface area (Å²) in [5.74, 6) is 1.20. The maximum atomic E-state index is 13.0. The summed E-state index contributed by atoms with van der Waals surface area (Å²) in [5.41, 5.74) is 1.47. The maximum Gasteiger partial charge on any atom is 0.308 e. The van der Waals surface area contributed by atoms with E-state index in [-0.39, 0.29) is 11.8 Å². The Morgan fingerprint density at radius 2 is 1.71 bits per heavy atom. The van der Waals surface area contributed by atoms with Gasteiger partial charge in [0.15, 0.2) is 11.5 Å². The smallest absolute Gasteiger partial charge is 0.308 e. The van der Waals surface area contributed by atoms with Crippen molar-refractivity contribution in [3.8, 4) is 17.2 Å². The highest BCUT2D eigenvalue weighted by molar-refractivity contribution is 5.94. The maximum absolute atomic E-state index is 13.0. The number of esters is 1. The number of rotatable bonds is 8. The van der Waals surface area contributed by atoms with Crippen molar-refractivity contribution in [2.75, 3.05) is 39.9 Å². The van der Waals surface area contributed by atoms with Crippen LogP contribution >= 0.6 is 0 Å². The number of hydrogen-bond acceptors (Lipinski definition) is 6. The summed E-state index contributed by atoms with van der Waals surface area (Å²) < 4.78 is 16.0. The average Bonchev–Trinajstić information content (AvgIpc) is 3.09. The van der Waals surface area contributed by atoms with E-state index in [0.29, 0.717) is 74.9 Å². The molecular formula is C26H32N2O6. The van der Waals surface area contributed by atoms with Crippen LogP contribution in [0, 0.1) is 0 Å². The van der Waals surface area contributed by atoms with Gasteiger partial charge in [0.2, 0.25) is 5.91 Å². The molecule has 1 heterocycles. The quantitative estimate of drug-likeness (QED) is 0.436. The summed E-state index contributed by atoms with van der Waals surface area (Å²) in [6, 6.07) is 12.3. The minimum Gasteiger partial charge on any atom is -0.493 e. The number of amides is 2. The van der Waals surface area contributed by atoms with Gasteiger partial charge < -0.3 is 24.0 Å². The zero-order valence-electron chi connectivity index (χ0n) is 20.0. The largest absolute Gasteiger partial charge is 0.493 e. The molecular weight excluding hydrogens is 436 g/mol. The van der Waals surface area contributed by atoms with Crippen molar-refractivity contribution in [2.45, 2.75) is 33.1 Å². The number of carbonyl (C=O) groups excluding carboxylic acids is 3. The lowest BCUT2D eigenvalue weighted by Crippen LogP contribution is -2.37. The van der Waals surface area contributed by atoms with E-state index in [1.165, 1.54) is 6.92 Å². The second kappa shape index (κ2) is 12.1. The lowest BCUT2D eigenvalue weighted by molar-refractivity contribution is -0.132. The Kier molecular flexibility index (Phi) is 8.90. The zero-order chi connectivity index (χ0) is 24.5. The highest BCUT2D eigenvalue weighted by atomic mass is 16.5. The van der Waals surface area contributed by atoms with Crippen LogP contribution in [0.3, 0.4) is 0 Å². The van der Waals surface area contributed by atoms with Crippen LogP contribution in [0.5, 0.6) is 17.2 Å². The molecule has 8 heteroatoms. The predicted octanol–water partition coefficient (Wildman–Crippen LogP) is 3.33. The molecule has 0 unspecified atom stereocenters. The molecule has 0 atom stereocenters. The highest BCUT2D eigenvalue weighted by Crippen LogP contribution is 2.28. The molecule has 1 fully saturated rings. The van der Waals surface area contributed by atoms with E-state index in [2.05, 4.69) is 0 Å². The molecule has 34 heavy (non-hydrogen) atoms. The standard InChI is InChI=1S/C26H32N2O6/c1-4-33-23-11-9-20(17-24(23)32-3)10-12-25(30)27-13-6-14-28(16-15-27)26(31)21-7-5-8-22(18-21)34-19(2)29/h5,7-9,11,17-18H,4,6,10,12-16H2,1-3H3. The van der Waals surface area contributed by atoms with Crippen LogP contribution in [0.1, 0.15) is 42.6 Å². The van der Waals surface area contributed by atoms with Gasteiger partial charge in [-0.15, -0.1) is 0 Å². The third kappa shape index (κ3) is 6.73. The second-order valence-corrected chi connectivity index (χ2v) is 8.07. The van der Waals surface area contributed by atoms with Gasteiger partial charge in [-0.3, -0.25) is 14.4 Å². The number of benzene rings is 2. The molecule has 3 rings (SSSR count). The van der Waals surface area contributed by atoms with Crippen LogP contribution in [0.4, 0.5) is 0 Å².